The maximum atomic E-state index is 4.63. The molecule has 0 aliphatic rings. The second-order valence-electron chi connectivity index (χ2n) is 4.77. The Balaban J connectivity index is 1.69. The maximum Gasteiger partial charge on any atom is 0.125 e. The van der Waals surface area contributed by atoms with Gasteiger partial charge in [0, 0.05) is 19.8 Å². The molecule has 102 valence electrons. The molecule has 5 nitrogen and oxygen atoms in total. The molecule has 0 saturated carbocycles. The molecule has 2 heterocycles. The lowest BCUT2D eigenvalue weighted by atomic mass is 10.3. The third-order valence-electron chi connectivity index (χ3n) is 3.30. The van der Waals surface area contributed by atoms with Gasteiger partial charge in [-0.25, -0.2) is 15.0 Å². The summed E-state index contributed by atoms with van der Waals surface area (Å²) < 4.78 is 2.12. The average molecular weight is 267 g/mol. The fourth-order valence-electron chi connectivity index (χ4n) is 2.26. The SMILES string of the molecule is Cc1nccc(CNCc2nc3ccccc3n2C)n1. The van der Waals surface area contributed by atoms with Crippen molar-refractivity contribution in [2.75, 3.05) is 0 Å². The van der Waals surface area contributed by atoms with E-state index in [1.54, 1.807) is 6.20 Å². The highest BCUT2D eigenvalue weighted by Gasteiger charge is 2.06. The van der Waals surface area contributed by atoms with Crippen molar-refractivity contribution < 1.29 is 0 Å². The summed E-state index contributed by atoms with van der Waals surface area (Å²) in [5, 5.41) is 3.37. The fourth-order valence-corrected chi connectivity index (χ4v) is 2.26. The van der Waals surface area contributed by atoms with E-state index in [4.69, 9.17) is 0 Å². The minimum Gasteiger partial charge on any atom is -0.330 e. The molecule has 0 spiro atoms. The molecule has 3 aromatic rings. The Labute approximate surface area is 117 Å². The Morgan fingerprint density at radius 1 is 1.10 bits per heavy atom. The minimum absolute atomic E-state index is 0.715. The van der Waals surface area contributed by atoms with E-state index < -0.39 is 0 Å². The van der Waals surface area contributed by atoms with Crippen LogP contribution >= 0.6 is 0 Å². The number of rotatable bonds is 4. The van der Waals surface area contributed by atoms with E-state index in [0.717, 1.165) is 28.4 Å². The van der Waals surface area contributed by atoms with Crippen molar-refractivity contribution in [3.05, 3.63) is 53.9 Å². The van der Waals surface area contributed by atoms with Crippen LogP contribution in [-0.4, -0.2) is 19.5 Å². The van der Waals surface area contributed by atoms with Gasteiger partial charge in [0.25, 0.3) is 0 Å². The summed E-state index contributed by atoms with van der Waals surface area (Å²) in [6, 6.07) is 10.1. The lowest BCUT2D eigenvalue weighted by Crippen LogP contribution is -2.16. The topological polar surface area (TPSA) is 55.6 Å². The van der Waals surface area contributed by atoms with E-state index in [1.807, 2.05) is 38.2 Å². The van der Waals surface area contributed by atoms with Crippen LogP contribution in [0, 0.1) is 6.92 Å². The summed E-state index contributed by atoms with van der Waals surface area (Å²) in [4.78, 5) is 13.1. The highest BCUT2D eigenvalue weighted by atomic mass is 15.1. The number of benzene rings is 1. The lowest BCUT2D eigenvalue weighted by molar-refractivity contribution is 0.632. The van der Waals surface area contributed by atoms with Crippen LogP contribution in [0.1, 0.15) is 17.3 Å². The van der Waals surface area contributed by atoms with Gasteiger partial charge in [-0.3, -0.25) is 0 Å². The third kappa shape index (κ3) is 2.53. The highest BCUT2D eigenvalue weighted by molar-refractivity contribution is 5.75. The van der Waals surface area contributed by atoms with Crippen LogP contribution in [-0.2, 0) is 20.1 Å². The number of aromatic nitrogens is 4. The maximum absolute atomic E-state index is 4.63. The first-order valence-corrected chi connectivity index (χ1v) is 6.63. The molecule has 0 unspecified atom stereocenters. The standard InChI is InChI=1S/C15H17N5/c1-11-17-8-7-12(18-11)9-16-10-15-19-13-5-3-4-6-14(13)20(15)2/h3-8,16H,9-10H2,1-2H3. The Bertz CT molecular complexity index is 732. The van der Waals surface area contributed by atoms with Gasteiger partial charge in [0.2, 0.25) is 0 Å². The minimum atomic E-state index is 0.715. The molecular weight excluding hydrogens is 250 g/mol. The third-order valence-corrected chi connectivity index (χ3v) is 3.30. The first-order chi connectivity index (χ1) is 9.74. The molecule has 0 atom stereocenters. The molecule has 0 fully saturated rings. The van der Waals surface area contributed by atoms with Gasteiger partial charge in [-0.05, 0) is 25.1 Å². The van der Waals surface area contributed by atoms with Gasteiger partial charge in [-0.2, -0.15) is 0 Å². The molecule has 0 amide bonds. The number of nitrogens with one attached hydrogen (secondary N) is 1. The largest absolute Gasteiger partial charge is 0.330 e. The van der Waals surface area contributed by atoms with Crippen molar-refractivity contribution in [2.24, 2.45) is 7.05 Å². The van der Waals surface area contributed by atoms with E-state index in [9.17, 15) is 0 Å². The number of hydrogen-bond donors (Lipinski definition) is 1. The van der Waals surface area contributed by atoms with Crippen molar-refractivity contribution in [3.8, 4) is 0 Å². The summed E-state index contributed by atoms with van der Waals surface area (Å²) in [6.45, 7) is 3.33. The zero-order valence-electron chi connectivity index (χ0n) is 11.7. The van der Waals surface area contributed by atoms with Crippen molar-refractivity contribution in [1.82, 2.24) is 24.8 Å². The van der Waals surface area contributed by atoms with Crippen molar-refractivity contribution in [3.63, 3.8) is 0 Å². The molecule has 0 saturated heterocycles. The van der Waals surface area contributed by atoms with Gasteiger partial charge in [0.15, 0.2) is 0 Å². The Kier molecular flexibility index (Phi) is 3.43. The molecule has 0 bridgehead atoms. The summed E-state index contributed by atoms with van der Waals surface area (Å²) >= 11 is 0. The molecule has 0 aliphatic heterocycles. The van der Waals surface area contributed by atoms with Gasteiger partial charge < -0.3 is 9.88 Å². The summed E-state index contributed by atoms with van der Waals surface area (Å²) in [5.74, 6) is 1.82. The van der Waals surface area contributed by atoms with E-state index in [-0.39, 0.29) is 0 Å². The van der Waals surface area contributed by atoms with Gasteiger partial charge in [-0.15, -0.1) is 0 Å². The number of nitrogens with zero attached hydrogens (tertiary/aromatic N) is 4. The first kappa shape index (κ1) is 12.7. The number of hydrogen-bond acceptors (Lipinski definition) is 4. The molecule has 0 aliphatic carbocycles. The molecular formula is C15H17N5. The van der Waals surface area contributed by atoms with E-state index in [0.29, 0.717) is 13.1 Å². The normalized spacial score (nSPS) is 11.1. The summed E-state index contributed by atoms with van der Waals surface area (Å²) in [6.07, 6.45) is 1.79. The van der Waals surface area contributed by atoms with Crippen molar-refractivity contribution in [2.45, 2.75) is 20.0 Å². The number of aryl methyl sites for hydroxylation is 2. The second-order valence-corrected chi connectivity index (χ2v) is 4.77. The van der Waals surface area contributed by atoms with Crippen molar-refractivity contribution in [1.29, 1.82) is 0 Å². The van der Waals surface area contributed by atoms with Crippen LogP contribution in [0.25, 0.3) is 11.0 Å². The number of para-hydroxylation sites is 2. The monoisotopic (exact) mass is 267 g/mol. The van der Waals surface area contributed by atoms with Gasteiger partial charge in [-0.1, -0.05) is 12.1 Å². The van der Waals surface area contributed by atoms with Crippen LogP contribution in [0.15, 0.2) is 36.5 Å². The van der Waals surface area contributed by atoms with Crippen LogP contribution in [0.2, 0.25) is 0 Å². The smallest absolute Gasteiger partial charge is 0.125 e. The zero-order chi connectivity index (χ0) is 13.9. The van der Waals surface area contributed by atoms with E-state index in [2.05, 4.69) is 30.9 Å². The molecule has 0 radical (unpaired) electrons. The lowest BCUT2D eigenvalue weighted by Gasteiger charge is -2.05. The molecule has 20 heavy (non-hydrogen) atoms. The van der Waals surface area contributed by atoms with Crippen LogP contribution in [0.3, 0.4) is 0 Å². The van der Waals surface area contributed by atoms with Gasteiger partial charge in [0.1, 0.15) is 11.6 Å². The Hall–Kier alpha value is -2.27. The molecule has 5 heteroatoms. The van der Waals surface area contributed by atoms with Gasteiger partial charge >= 0.3 is 0 Å². The molecule has 1 aromatic carbocycles. The van der Waals surface area contributed by atoms with Crippen LogP contribution in [0.5, 0.6) is 0 Å². The molecule has 3 rings (SSSR count). The van der Waals surface area contributed by atoms with Crippen molar-refractivity contribution >= 4 is 11.0 Å². The first-order valence-electron chi connectivity index (χ1n) is 6.63. The average Bonchev–Trinajstić information content (AvgIpc) is 2.76. The quantitative estimate of drug-likeness (QED) is 0.785. The predicted octanol–water partition coefficient (Wildman–Crippen LogP) is 1.96. The second kappa shape index (κ2) is 5.38. The van der Waals surface area contributed by atoms with E-state index >= 15 is 0 Å². The molecule has 1 N–H and O–H groups in total. The Morgan fingerprint density at radius 3 is 2.75 bits per heavy atom. The number of imidazole rings is 1. The highest BCUT2D eigenvalue weighted by Crippen LogP contribution is 2.13. The molecule has 2 aromatic heterocycles. The summed E-state index contributed by atoms with van der Waals surface area (Å²) in [5.41, 5.74) is 3.18. The van der Waals surface area contributed by atoms with Gasteiger partial charge in [0.05, 0.1) is 23.3 Å². The summed E-state index contributed by atoms with van der Waals surface area (Å²) in [7, 11) is 2.04. The zero-order valence-corrected chi connectivity index (χ0v) is 11.7. The van der Waals surface area contributed by atoms with Crippen LogP contribution in [0.4, 0.5) is 0 Å². The van der Waals surface area contributed by atoms with Crippen LogP contribution < -0.4 is 5.32 Å². The van der Waals surface area contributed by atoms with E-state index in [1.165, 1.54) is 0 Å². The fraction of sp³-hybridized carbons (Fsp3) is 0.267. The predicted molar refractivity (Wildman–Crippen MR) is 78.0 cm³/mol. The number of fused-ring (bicyclic) bond motifs is 1. The Morgan fingerprint density at radius 2 is 1.95 bits per heavy atom.